The highest BCUT2D eigenvalue weighted by atomic mass is 79.9. The minimum atomic E-state index is 0.167. The van der Waals surface area contributed by atoms with E-state index in [2.05, 4.69) is 26.8 Å². The molecule has 0 radical (unpaired) electrons. The fourth-order valence-corrected chi connectivity index (χ4v) is 2.72. The first-order valence-corrected chi connectivity index (χ1v) is 5.09. The number of rotatable bonds is 0. The highest BCUT2D eigenvalue weighted by Gasteiger charge is 2.37. The van der Waals surface area contributed by atoms with Crippen LogP contribution >= 0.6 is 15.9 Å². The van der Waals surface area contributed by atoms with Crippen LogP contribution in [0.3, 0.4) is 0 Å². The summed E-state index contributed by atoms with van der Waals surface area (Å²) in [6.07, 6.45) is 3.87. The Hall–Kier alpha value is 0.360. The van der Waals surface area contributed by atoms with E-state index in [1.807, 2.05) is 0 Å². The van der Waals surface area contributed by atoms with E-state index in [-0.39, 0.29) is 6.17 Å². The maximum Gasteiger partial charge on any atom is 0.0723 e. The van der Waals surface area contributed by atoms with Crippen molar-refractivity contribution in [3.05, 3.63) is 0 Å². The van der Waals surface area contributed by atoms with E-state index in [0.29, 0.717) is 16.8 Å². The monoisotopic (exact) mass is 219 g/mol. The minimum Gasteiger partial charge on any atom is -0.315 e. The van der Waals surface area contributed by atoms with Crippen molar-refractivity contribution in [3.8, 4) is 0 Å². The summed E-state index contributed by atoms with van der Waals surface area (Å²) < 4.78 is 0. The molecule has 1 aliphatic heterocycles. The number of fused-ring (bicyclic) bond motifs is 1. The Balaban J connectivity index is 2.00. The molecule has 1 saturated carbocycles. The van der Waals surface area contributed by atoms with Crippen molar-refractivity contribution in [1.29, 1.82) is 0 Å². The summed E-state index contributed by atoms with van der Waals surface area (Å²) in [5.74, 6) is 0.642. The van der Waals surface area contributed by atoms with Crippen molar-refractivity contribution in [2.24, 2.45) is 11.7 Å². The fourth-order valence-electron chi connectivity index (χ4n) is 2.05. The molecule has 0 aromatic heterocycles. The van der Waals surface area contributed by atoms with Crippen molar-refractivity contribution >= 4 is 15.9 Å². The molecule has 1 heterocycles. The van der Waals surface area contributed by atoms with Crippen molar-refractivity contribution in [3.63, 3.8) is 0 Å². The molecule has 2 rings (SSSR count). The molecule has 0 bridgehead atoms. The van der Waals surface area contributed by atoms with Crippen LogP contribution in [0.15, 0.2) is 0 Å². The van der Waals surface area contributed by atoms with Crippen LogP contribution in [0.5, 0.6) is 0 Å². The van der Waals surface area contributed by atoms with Gasteiger partial charge in [-0.05, 0) is 19.3 Å². The van der Waals surface area contributed by atoms with Crippen LogP contribution in [0.4, 0.5) is 0 Å². The van der Waals surface area contributed by atoms with E-state index in [9.17, 15) is 0 Å². The van der Waals surface area contributed by atoms with E-state index in [0.717, 1.165) is 0 Å². The molecule has 0 aromatic rings. The summed E-state index contributed by atoms with van der Waals surface area (Å²) >= 11 is 3.64. The Bertz CT molecular complexity index is 153. The zero-order valence-corrected chi connectivity index (χ0v) is 7.97. The van der Waals surface area contributed by atoms with E-state index in [1.54, 1.807) is 0 Å². The van der Waals surface area contributed by atoms with Crippen LogP contribution in [0, 0.1) is 5.92 Å². The van der Waals surface area contributed by atoms with Crippen LogP contribution in [-0.2, 0) is 0 Å². The molecule has 2 fully saturated rings. The van der Waals surface area contributed by atoms with Gasteiger partial charge in [0, 0.05) is 16.8 Å². The van der Waals surface area contributed by atoms with Crippen molar-refractivity contribution in [1.82, 2.24) is 10.9 Å². The summed E-state index contributed by atoms with van der Waals surface area (Å²) in [7, 11) is 0. The molecule has 0 amide bonds. The van der Waals surface area contributed by atoms with Crippen LogP contribution < -0.4 is 16.6 Å². The zero-order valence-electron chi connectivity index (χ0n) is 6.39. The molecule has 2 aliphatic rings. The fraction of sp³-hybridized carbons (Fsp3) is 1.00. The third-order valence-corrected chi connectivity index (χ3v) is 3.57. The quantitative estimate of drug-likeness (QED) is 0.515. The number of hydrazine groups is 1. The second-order valence-corrected chi connectivity index (χ2v) is 4.79. The predicted octanol–water partition coefficient (Wildman–Crippen LogP) is 0.311. The summed E-state index contributed by atoms with van der Waals surface area (Å²) in [6.45, 7) is 0. The van der Waals surface area contributed by atoms with Crippen LogP contribution in [-0.4, -0.2) is 17.0 Å². The Morgan fingerprint density at radius 2 is 2.09 bits per heavy atom. The summed E-state index contributed by atoms with van der Waals surface area (Å²) in [4.78, 5) is 0.684. The van der Waals surface area contributed by atoms with Crippen molar-refractivity contribution in [2.45, 2.75) is 36.3 Å². The third-order valence-electron chi connectivity index (χ3n) is 2.74. The van der Waals surface area contributed by atoms with Crippen LogP contribution in [0.1, 0.15) is 19.3 Å². The average molecular weight is 220 g/mol. The van der Waals surface area contributed by atoms with Gasteiger partial charge in [0.25, 0.3) is 0 Å². The molecule has 0 spiro atoms. The largest absolute Gasteiger partial charge is 0.315 e. The Kier molecular flexibility index (Phi) is 2.19. The Morgan fingerprint density at radius 3 is 2.91 bits per heavy atom. The van der Waals surface area contributed by atoms with Gasteiger partial charge in [0.05, 0.1) is 6.17 Å². The van der Waals surface area contributed by atoms with Crippen molar-refractivity contribution < 1.29 is 0 Å². The van der Waals surface area contributed by atoms with Gasteiger partial charge in [0.15, 0.2) is 0 Å². The number of nitrogens with two attached hydrogens (primary N) is 1. The first-order valence-electron chi connectivity index (χ1n) is 4.18. The maximum atomic E-state index is 5.85. The number of alkyl halides is 1. The van der Waals surface area contributed by atoms with Gasteiger partial charge in [-0.2, -0.15) is 0 Å². The number of hydrogen-bond acceptors (Lipinski definition) is 3. The SMILES string of the molecule is NC1NNC2CC(Br)CCC12. The van der Waals surface area contributed by atoms with Crippen LogP contribution in [0.2, 0.25) is 0 Å². The number of nitrogens with one attached hydrogen (secondary N) is 2. The smallest absolute Gasteiger partial charge is 0.0723 e. The normalized spacial score (nSPS) is 50.7. The topological polar surface area (TPSA) is 50.1 Å². The number of hydrogen-bond donors (Lipinski definition) is 3. The van der Waals surface area contributed by atoms with Gasteiger partial charge >= 0.3 is 0 Å². The molecule has 11 heavy (non-hydrogen) atoms. The van der Waals surface area contributed by atoms with Gasteiger partial charge in [-0.15, -0.1) is 0 Å². The number of halogens is 1. The predicted molar refractivity (Wildman–Crippen MR) is 48.1 cm³/mol. The van der Waals surface area contributed by atoms with Gasteiger partial charge in [-0.25, -0.2) is 5.43 Å². The first-order chi connectivity index (χ1) is 5.27. The van der Waals surface area contributed by atoms with E-state index >= 15 is 0 Å². The highest BCUT2D eigenvalue weighted by Crippen LogP contribution is 2.31. The standard InChI is InChI=1S/C7H14BrN3/c8-4-1-2-5-6(3-4)10-11-7(5)9/h4-7,10-11H,1-3,9H2. The summed E-state index contributed by atoms with van der Waals surface area (Å²) in [6, 6.07) is 0.586. The third kappa shape index (κ3) is 1.45. The van der Waals surface area contributed by atoms with E-state index in [4.69, 9.17) is 5.73 Å². The molecular formula is C7H14BrN3. The summed E-state index contributed by atoms with van der Waals surface area (Å²) in [5.41, 5.74) is 12.2. The molecule has 1 saturated heterocycles. The van der Waals surface area contributed by atoms with Gasteiger partial charge < -0.3 is 5.73 Å². The molecule has 4 heteroatoms. The minimum absolute atomic E-state index is 0.167. The van der Waals surface area contributed by atoms with Gasteiger partial charge in [-0.1, -0.05) is 15.9 Å². The highest BCUT2D eigenvalue weighted by molar-refractivity contribution is 9.09. The molecule has 64 valence electrons. The van der Waals surface area contributed by atoms with Gasteiger partial charge in [0.1, 0.15) is 0 Å². The van der Waals surface area contributed by atoms with E-state index in [1.165, 1.54) is 19.3 Å². The molecule has 3 nitrogen and oxygen atoms in total. The van der Waals surface area contributed by atoms with Crippen LogP contribution in [0.25, 0.3) is 0 Å². The first kappa shape index (κ1) is 7.98. The Morgan fingerprint density at radius 1 is 1.27 bits per heavy atom. The molecule has 4 atom stereocenters. The molecule has 4 unspecified atom stereocenters. The lowest BCUT2D eigenvalue weighted by Gasteiger charge is -2.28. The lowest BCUT2D eigenvalue weighted by Crippen LogP contribution is -2.39. The van der Waals surface area contributed by atoms with Gasteiger partial charge in [0.2, 0.25) is 0 Å². The van der Waals surface area contributed by atoms with Crippen molar-refractivity contribution in [2.75, 3.05) is 0 Å². The zero-order chi connectivity index (χ0) is 7.84. The molecule has 0 aromatic carbocycles. The van der Waals surface area contributed by atoms with Gasteiger partial charge in [-0.3, -0.25) is 5.43 Å². The molecule has 1 aliphatic carbocycles. The maximum absolute atomic E-state index is 5.85. The Labute approximate surface area is 75.2 Å². The second-order valence-electron chi connectivity index (χ2n) is 3.50. The molecular weight excluding hydrogens is 206 g/mol. The van der Waals surface area contributed by atoms with E-state index < -0.39 is 0 Å². The lowest BCUT2D eigenvalue weighted by molar-refractivity contribution is 0.316. The average Bonchev–Trinajstić information content (AvgIpc) is 2.32. The molecule has 4 N–H and O–H groups in total. The second kappa shape index (κ2) is 3.01. The lowest BCUT2D eigenvalue weighted by atomic mass is 9.84. The summed E-state index contributed by atoms with van der Waals surface area (Å²) in [5, 5.41) is 0.